The van der Waals surface area contributed by atoms with Crippen molar-refractivity contribution in [3.63, 3.8) is 0 Å². The highest BCUT2D eigenvalue weighted by Gasteiger charge is 2.44. The number of aromatic nitrogens is 1. The Balaban J connectivity index is 1.52. The van der Waals surface area contributed by atoms with Crippen molar-refractivity contribution in [2.24, 2.45) is 11.3 Å². The number of amides is 1. The first-order valence-electron chi connectivity index (χ1n) is 17.5. The van der Waals surface area contributed by atoms with Gasteiger partial charge in [-0.05, 0) is 91.7 Å². The minimum Gasteiger partial charge on any atom is -0.481 e. The van der Waals surface area contributed by atoms with Crippen LogP contribution in [0.3, 0.4) is 0 Å². The molecule has 2 aliphatic rings. The Labute approximate surface area is 294 Å². The van der Waals surface area contributed by atoms with Crippen LogP contribution in [0, 0.1) is 43.7 Å². The number of nitrogens with one attached hydrogen (secondary N) is 1. The standard InChI is InChI=1S/C39H46F5N3O4/c1-22(2)15-30(47-19-26(28(17-31(47)48)39(42,43)44)11-14-46-20-38(21-46)12-6-7-13-38)37(51)45-29(18-32(49)50)34-35(40)25(5)16-27(36(34)41)33-23(3)9-8-10-24(33)4/h8-10,16-17,19,22,29-30H,6-7,11-15,18,20-21H2,1-5H3,(H,45,51)(H,49,50). The van der Waals surface area contributed by atoms with E-state index < -0.39 is 64.9 Å². The Morgan fingerprint density at radius 3 is 2.18 bits per heavy atom. The van der Waals surface area contributed by atoms with Gasteiger partial charge in [-0.3, -0.25) is 14.4 Å². The van der Waals surface area contributed by atoms with E-state index in [1.807, 2.05) is 0 Å². The fraction of sp³-hybridized carbons (Fsp3) is 0.513. The zero-order valence-electron chi connectivity index (χ0n) is 29.7. The number of carboxylic acid groups (broad SMARTS) is 1. The van der Waals surface area contributed by atoms with Crippen molar-refractivity contribution >= 4 is 11.9 Å². The highest BCUT2D eigenvalue weighted by atomic mass is 19.4. The monoisotopic (exact) mass is 715 g/mol. The van der Waals surface area contributed by atoms with Gasteiger partial charge in [-0.2, -0.15) is 13.2 Å². The average Bonchev–Trinajstić information content (AvgIpc) is 3.51. The van der Waals surface area contributed by atoms with E-state index in [1.54, 1.807) is 45.9 Å². The lowest BCUT2D eigenvalue weighted by Crippen LogP contribution is -2.55. The molecular formula is C39H46F5N3O4. The fourth-order valence-corrected chi connectivity index (χ4v) is 8.06. The third-order valence-corrected chi connectivity index (χ3v) is 10.5. The van der Waals surface area contributed by atoms with Crippen LogP contribution in [0.15, 0.2) is 41.3 Å². The number of hydrogen-bond donors (Lipinski definition) is 2. The highest BCUT2D eigenvalue weighted by Crippen LogP contribution is 2.45. The summed E-state index contributed by atoms with van der Waals surface area (Å²) < 4.78 is 75.9. The van der Waals surface area contributed by atoms with E-state index in [9.17, 15) is 32.7 Å². The number of hydrogen-bond acceptors (Lipinski definition) is 4. The molecule has 1 aromatic heterocycles. The number of halogens is 5. The van der Waals surface area contributed by atoms with Gasteiger partial charge >= 0.3 is 12.1 Å². The zero-order valence-corrected chi connectivity index (χ0v) is 29.7. The maximum Gasteiger partial charge on any atom is 0.416 e. The molecule has 1 saturated heterocycles. The zero-order chi connectivity index (χ0) is 37.4. The van der Waals surface area contributed by atoms with Gasteiger partial charge < -0.3 is 19.9 Å². The van der Waals surface area contributed by atoms with Gasteiger partial charge in [0.2, 0.25) is 5.91 Å². The van der Waals surface area contributed by atoms with Crippen LogP contribution in [0.2, 0.25) is 0 Å². The van der Waals surface area contributed by atoms with Crippen molar-refractivity contribution in [2.75, 3.05) is 19.6 Å². The molecule has 1 aliphatic heterocycles. The molecule has 2 unspecified atom stereocenters. The summed E-state index contributed by atoms with van der Waals surface area (Å²) in [7, 11) is 0. The fourth-order valence-electron chi connectivity index (χ4n) is 8.06. The van der Waals surface area contributed by atoms with Crippen LogP contribution < -0.4 is 10.9 Å². The Bertz CT molecular complexity index is 1830. The second-order valence-corrected chi connectivity index (χ2v) is 15.0. The molecule has 2 N–H and O–H groups in total. The molecule has 7 nitrogen and oxygen atoms in total. The quantitative estimate of drug-likeness (QED) is 0.185. The van der Waals surface area contributed by atoms with Crippen LogP contribution >= 0.6 is 0 Å². The summed E-state index contributed by atoms with van der Waals surface area (Å²) in [4.78, 5) is 41.6. The first-order valence-corrected chi connectivity index (χ1v) is 17.5. The van der Waals surface area contributed by atoms with Crippen LogP contribution in [0.5, 0.6) is 0 Å². The number of rotatable bonds is 12. The van der Waals surface area contributed by atoms with Gasteiger partial charge in [0, 0.05) is 43.0 Å². The van der Waals surface area contributed by atoms with Gasteiger partial charge in [-0.15, -0.1) is 0 Å². The predicted octanol–water partition coefficient (Wildman–Crippen LogP) is 8.08. The number of aryl methyl sites for hydroxylation is 3. The molecule has 0 radical (unpaired) electrons. The number of likely N-dealkylation sites (tertiary alicyclic amines) is 1. The molecule has 12 heteroatoms. The molecule has 0 bridgehead atoms. The number of benzene rings is 2. The molecule has 3 aromatic rings. The minimum atomic E-state index is -4.81. The first kappa shape index (κ1) is 38.2. The number of carboxylic acids is 1. The van der Waals surface area contributed by atoms with E-state index in [0.717, 1.165) is 49.5 Å². The van der Waals surface area contributed by atoms with Gasteiger partial charge in [-0.25, -0.2) is 8.78 Å². The van der Waals surface area contributed by atoms with Crippen molar-refractivity contribution in [2.45, 2.75) is 97.8 Å². The van der Waals surface area contributed by atoms with Crippen LogP contribution in [-0.2, 0) is 22.2 Å². The summed E-state index contributed by atoms with van der Waals surface area (Å²) in [5, 5.41) is 12.3. The third kappa shape index (κ3) is 8.21. The Hall–Kier alpha value is -4.06. The second-order valence-electron chi connectivity index (χ2n) is 15.0. The molecule has 2 fully saturated rings. The molecule has 1 spiro atoms. The number of alkyl halides is 3. The van der Waals surface area contributed by atoms with E-state index >= 15 is 8.78 Å². The normalized spacial score (nSPS) is 17.1. The summed E-state index contributed by atoms with van der Waals surface area (Å²) >= 11 is 0. The van der Waals surface area contributed by atoms with Crippen molar-refractivity contribution in [3.05, 3.63) is 91.9 Å². The Kier molecular flexibility index (Phi) is 11.1. The Morgan fingerprint density at radius 1 is 0.980 bits per heavy atom. The summed E-state index contributed by atoms with van der Waals surface area (Å²) in [6.07, 6.45) is -0.136. The smallest absolute Gasteiger partial charge is 0.416 e. The van der Waals surface area contributed by atoms with E-state index in [0.29, 0.717) is 29.3 Å². The summed E-state index contributed by atoms with van der Waals surface area (Å²) in [6.45, 7) is 10.4. The second kappa shape index (κ2) is 14.9. The van der Waals surface area contributed by atoms with Crippen LogP contribution in [0.4, 0.5) is 22.0 Å². The lowest BCUT2D eigenvalue weighted by atomic mass is 9.78. The SMILES string of the molecule is Cc1cc(-c2c(C)cccc2C)c(F)c(C(CC(=O)O)NC(=O)C(CC(C)C)n2cc(CCN3CC4(CCCC4)C3)c(C(F)(F)F)cc2=O)c1F. The molecular weight excluding hydrogens is 669 g/mol. The summed E-state index contributed by atoms with van der Waals surface area (Å²) in [5.74, 6) is -4.71. The molecule has 1 aliphatic carbocycles. The van der Waals surface area contributed by atoms with E-state index in [4.69, 9.17) is 0 Å². The van der Waals surface area contributed by atoms with Gasteiger partial charge in [0.25, 0.3) is 5.56 Å². The third-order valence-electron chi connectivity index (χ3n) is 10.5. The van der Waals surface area contributed by atoms with Gasteiger partial charge in [0.15, 0.2) is 0 Å². The Morgan fingerprint density at radius 2 is 1.61 bits per heavy atom. The summed E-state index contributed by atoms with van der Waals surface area (Å²) in [6, 6.07) is 4.05. The number of nitrogens with zero attached hydrogens (tertiary/aromatic N) is 2. The molecule has 276 valence electrons. The van der Waals surface area contributed by atoms with Gasteiger partial charge in [0.05, 0.1) is 18.0 Å². The van der Waals surface area contributed by atoms with Crippen LogP contribution in [0.1, 0.15) is 97.8 Å². The topological polar surface area (TPSA) is 91.6 Å². The molecule has 1 saturated carbocycles. The lowest BCUT2D eigenvalue weighted by Gasteiger charge is -2.48. The van der Waals surface area contributed by atoms with E-state index in [1.165, 1.54) is 13.0 Å². The molecule has 1 amide bonds. The van der Waals surface area contributed by atoms with Crippen molar-refractivity contribution in [3.8, 4) is 11.1 Å². The van der Waals surface area contributed by atoms with Gasteiger partial charge in [-0.1, -0.05) is 44.9 Å². The highest BCUT2D eigenvalue weighted by molar-refractivity contribution is 5.82. The maximum atomic E-state index is 16.4. The van der Waals surface area contributed by atoms with E-state index in [-0.39, 0.29) is 40.9 Å². The number of aliphatic carboxylic acids is 1. The minimum absolute atomic E-state index is 0.0102. The largest absolute Gasteiger partial charge is 0.481 e. The lowest BCUT2D eigenvalue weighted by molar-refractivity contribution is -0.139. The van der Waals surface area contributed by atoms with Crippen molar-refractivity contribution < 1.29 is 36.6 Å². The predicted molar refractivity (Wildman–Crippen MR) is 184 cm³/mol. The molecule has 51 heavy (non-hydrogen) atoms. The molecule has 5 rings (SSSR count). The molecule has 2 heterocycles. The number of carbonyl (C=O) groups excluding carboxylic acids is 1. The average molecular weight is 716 g/mol. The van der Waals surface area contributed by atoms with Crippen molar-refractivity contribution in [1.29, 1.82) is 0 Å². The molecule has 2 aromatic carbocycles. The van der Waals surface area contributed by atoms with Crippen molar-refractivity contribution in [1.82, 2.24) is 14.8 Å². The maximum absolute atomic E-state index is 16.4. The number of pyridine rings is 1. The summed E-state index contributed by atoms with van der Waals surface area (Å²) in [5.41, 5.74) is -0.737. The number of carbonyl (C=O) groups is 2. The van der Waals surface area contributed by atoms with Crippen LogP contribution in [0.25, 0.3) is 11.1 Å². The first-order chi connectivity index (χ1) is 23.9. The molecule has 2 atom stereocenters. The van der Waals surface area contributed by atoms with Crippen LogP contribution in [-0.4, -0.2) is 46.1 Å². The van der Waals surface area contributed by atoms with E-state index in [2.05, 4.69) is 10.2 Å². The van der Waals surface area contributed by atoms with Gasteiger partial charge in [0.1, 0.15) is 17.7 Å².